The molecule has 1 nitrogen and oxygen atoms in total. The van der Waals surface area contributed by atoms with Gasteiger partial charge in [0.15, 0.2) is 0 Å². The van der Waals surface area contributed by atoms with Gasteiger partial charge in [-0.3, -0.25) is 4.79 Å². The Morgan fingerprint density at radius 3 is 2.50 bits per heavy atom. The lowest BCUT2D eigenvalue weighted by Gasteiger charge is -2.20. The fourth-order valence-corrected chi connectivity index (χ4v) is 3.16. The van der Waals surface area contributed by atoms with Gasteiger partial charge in [0.1, 0.15) is 5.78 Å². The van der Waals surface area contributed by atoms with Crippen LogP contribution in [0.3, 0.4) is 0 Å². The van der Waals surface area contributed by atoms with Crippen LogP contribution in [-0.4, -0.2) is 5.78 Å². The molecule has 0 aliphatic heterocycles. The molecule has 0 unspecified atom stereocenters. The van der Waals surface area contributed by atoms with Crippen LogP contribution in [0.4, 0.5) is 0 Å². The molecular weight excluding hydrogens is 172 g/mol. The Morgan fingerprint density at radius 1 is 1.07 bits per heavy atom. The molecule has 0 spiro atoms. The van der Waals surface area contributed by atoms with Crippen LogP contribution >= 0.6 is 0 Å². The first kappa shape index (κ1) is 8.22. The monoisotopic (exact) mass is 186 g/mol. The van der Waals surface area contributed by atoms with E-state index >= 15 is 0 Å². The number of hydrogen-bond donors (Lipinski definition) is 0. The van der Waals surface area contributed by atoms with Crippen molar-refractivity contribution in [1.82, 2.24) is 0 Å². The van der Waals surface area contributed by atoms with Crippen LogP contribution in [0, 0.1) is 11.8 Å². The van der Waals surface area contributed by atoms with Gasteiger partial charge in [-0.25, -0.2) is 0 Å². The van der Waals surface area contributed by atoms with E-state index in [9.17, 15) is 4.79 Å². The molecule has 72 valence electrons. The predicted octanol–water partition coefficient (Wildman–Crippen LogP) is 2.77. The van der Waals surface area contributed by atoms with Gasteiger partial charge in [-0.1, -0.05) is 30.3 Å². The first-order valence-corrected chi connectivity index (χ1v) is 5.45. The summed E-state index contributed by atoms with van der Waals surface area (Å²) in [6.07, 6.45) is 3.56. The van der Waals surface area contributed by atoms with Crippen LogP contribution in [0.15, 0.2) is 30.3 Å². The molecule has 3 rings (SSSR count). The molecule has 0 amide bonds. The number of fused-ring (bicyclic) bond motifs is 2. The summed E-state index contributed by atoms with van der Waals surface area (Å²) >= 11 is 0. The molecule has 14 heavy (non-hydrogen) atoms. The Kier molecular flexibility index (Phi) is 1.73. The molecule has 0 N–H and O–H groups in total. The van der Waals surface area contributed by atoms with Crippen molar-refractivity contribution in [3.05, 3.63) is 35.9 Å². The third-order valence-corrected chi connectivity index (χ3v) is 3.81. The maximum atomic E-state index is 12.0. The van der Waals surface area contributed by atoms with Crippen LogP contribution < -0.4 is 0 Å². The van der Waals surface area contributed by atoms with Crippen molar-refractivity contribution in [2.45, 2.75) is 25.2 Å². The van der Waals surface area contributed by atoms with E-state index in [0.29, 0.717) is 17.6 Å². The Hall–Kier alpha value is -1.11. The number of Topliss-reactive ketones (excluding diaryl/α,β-unsaturated/α-hetero) is 1. The Labute approximate surface area is 84.1 Å². The van der Waals surface area contributed by atoms with Crippen molar-refractivity contribution < 1.29 is 4.79 Å². The first-order valence-electron chi connectivity index (χ1n) is 5.45. The molecule has 2 saturated carbocycles. The van der Waals surface area contributed by atoms with Crippen LogP contribution in [0.2, 0.25) is 0 Å². The topological polar surface area (TPSA) is 17.1 Å². The largest absolute Gasteiger partial charge is 0.299 e. The van der Waals surface area contributed by atoms with E-state index in [0.717, 1.165) is 12.8 Å². The van der Waals surface area contributed by atoms with E-state index in [2.05, 4.69) is 12.1 Å². The number of benzene rings is 1. The lowest BCUT2D eigenvalue weighted by molar-refractivity contribution is -0.123. The average molecular weight is 186 g/mol. The quantitative estimate of drug-likeness (QED) is 0.659. The van der Waals surface area contributed by atoms with Crippen LogP contribution in [0.25, 0.3) is 0 Å². The fraction of sp³-hybridized carbons (Fsp3) is 0.462. The zero-order chi connectivity index (χ0) is 9.54. The Morgan fingerprint density at radius 2 is 1.86 bits per heavy atom. The lowest BCUT2D eigenvalue weighted by atomic mass is 9.82. The third kappa shape index (κ3) is 1.05. The van der Waals surface area contributed by atoms with E-state index in [1.807, 2.05) is 18.2 Å². The second-order valence-corrected chi connectivity index (χ2v) is 4.56. The van der Waals surface area contributed by atoms with Gasteiger partial charge in [0.2, 0.25) is 0 Å². The number of hydrogen-bond acceptors (Lipinski definition) is 1. The predicted molar refractivity (Wildman–Crippen MR) is 55.0 cm³/mol. The van der Waals surface area contributed by atoms with Crippen molar-refractivity contribution >= 4 is 5.78 Å². The highest BCUT2D eigenvalue weighted by atomic mass is 16.1. The Bertz CT molecular complexity index is 355. The van der Waals surface area contributed by atoms with Crippen LogP contribution in [-0.2, 0) is 4.79 Å². The molecule has 1 aromatic rings. The molecule has 0 aromatic heterocycles. The molecule has 1 aromatic carbocycles. The van der Waals surface area contributed by atoms with Crippen LogP contribution in [0.5, 0.6) is 0 Å². The zero-order valence-corrected chi connectivity index (χ0v) is 8.15. The zero-order valence-electron chi connectivity index (χ0n) is 8.15. The minimum Gasteiger partial charge on any atom is -0.299 e. The smallest absolute Gasteiger partial charge is 0.143 e. The minimum atomic E-state index is 0.231. The van der Waals surface area contributed by atoms with Gasteiger partial charge in [0.25, 0.3) is 0 Å². The molecule has 1 heteroatoms. The Balaban J connectivity index is 1.97. The summed E-state index contributed by atoms with van der Waals surface area (Å²) < 4.78 is 0. The van der Waals surface area contributed by atoms with Crippen molar-refractivity contribution in [1.29, 1.82) is 0 Å². The van der Waals surface area contributed by atoms with Gasteiger partial charge >= 0.3 is 0 Å². The van der Waals surface area contributed by atoms with Crippen molar-refractivity contribution in [2.24, 2.45) is 11.8 Å². The second-order valence-electron chi connectivity index (χ2n) is 4.56. The van der Waals surface area contributed by atoms with E-state index in [4.69, 9.17) is 0 Å². The van der Waals surface area contributed by atoms with Gasteiger partial charge in [-0.2, -0.15) is 0 Å². The van der Waals surface area contributed by atoms with Gasteiger partial charge in [0.05, 0.1) is 0 Å². The van der Waals surface area contributed by atoms with Crippen molar-refractivity contribution in [3.63, 3.8) is 0 Å². The summed E-state index contributed by atoms with van der Waals surface area (Å²) in [7, 11) is 0. The molecular formula is C13H14O. The maximum Gasteiger partial charge on any atom is 0.143 e. The number of rotatable bonds is 1. The standard InChI is InChI=1S/C13H14O/c14-13-11-7-6-10(8-11)12(13)9-4-2-1-3-5-9/h1-5,10-12H,6-8H2/t10-,11+,12-/m0/s1. The summed E-state index contributed by atoms with van der Waals surface area (Å²) in [5, 5.41) is 0. The summed E-state index contributed by atoms with van der Waals surface area (Å²) in [5.74, 6) is 1.78. The van der Waals surface area contributed by atoms with Crippen molar-refractivity contribution in [2.75, 3.05) is 0 Å². The molecule has 2 fully saturated rings. The molecule has 0 heterocycles. The summed E-state index contributed by atoms with van der Waals surface area (Å²) in [6.45, 7) is 0. The number of ketones is 1. The molecule has 3 atom stereocenters. The van der Waals surface area contributed by atoms with E-state index in [1.165, 1.54) is 12.0 Å². The molecule has 0 radical (unpaired) electrons. The fourth-order valence-electron chi connectivity index (χ4n) is 3.16. The van der Waals surface area contributed by atoms with Crippen molar-refractivity contribution in [3.8, 4) is 0 Å². The maximum absolute atomic E-state index is 12.0. The average Bonchev–Trinajstić information content (AvgIpc) is 2.79. The molecule has 2 aliphatic rings. The second kappa shape index (κ2) is 2.94. The van der Waals surface area contributed by atoms with E-state index in [-0.39, 0.29) is 5.92 Å². The SMILES string of the molecule is O=C1[C@@H]2CC[C@@H](C2)[C@@H]1c1ccccc1. The third-order valence-electron chi connectivity index (χ3n) is 3.81. The summed E-state index contributed by atoms with van der Waals surface area (Å²) in [5.41, 5.74) is 1.24. The normalized spacial score (nSPS) is 35.1. The van der Waals surface area contributed by atoms with Gasteiger partial charge in [-0.05, 0) is 30.7 Å². The minimum absolute atomic E-state index is 0.231. The molecule has 2 bridgehead atoms. The molecule has 2 aliphatic carbocycles. The highest BCUT2D eigenvalue weighted by Crippen LogP contribution is 2.50. The van der Waals surface area contributed by atoms with E-state index in [1.54, 1.807) is 0 Å². The van der Waals surface area contributed by atoms with Crippen LogP contribution in [0.1, 0.15) is 30.7 Å². The van der Waals surface area contributed by atoms with E-state index < -0.39 is 0 Å². The highest BCUT2D eigenvalue weighted by molar-refractivity contribution is 5.91. The first-order chi connectivity index (χ1) is 6.86. The van der Waals surface area contributed by atoms with Gasteiger partial charge in [0, 0.05) is 11.8 Å². The summed E-state index contributed by atoms with van der Waals surface area (Å²) in [6, 6.07) is 10.3. The van der Waals surface area contributed by atoms with Gasteiger partial charge in [-0.15, -0.1) is 0 Å². The molecule has 0 saturated heterocycles. The highest BCUT2D eigenvalue weighted by Gasteiger charge is 2.46. The lowest BCUT2D eigenvalue weighted by Crippen LogP contribution is -2.19. The number of carbonyl (C=O) groups is 1. The van der Waals surface area contributed by atoms with Gasteiger partial charge < -0.3 is 0 Å². The number of carbonyl (C=O) groups excluding carboxylic acids is 1. The summed E-state index contributed by atoms with van der Waals surface area (Å²) in [4.78, 5) is 12.0.